The van der Waals surface area contributed by atoms with E-state index in [0.29, 0.717) is 11.9 Å². The Labute approximate surface area is 168 Å². The van der Waals surface area contributed by atoms with E-state index in [0.717, 1.165) is 41.4 Å². The van der Waals surface area contributed by atoms with Gasteiger partial charge in [-0.25, -0.2) is 0 Å². The van der Waals surface area contributed by atoms with Crippen molar-refractivity contribution >= 4 is 34.5 Å². The first kappa shape index (κ1) is 18.2. The van der Waals surface area contributed by atoms with Gasteiger partial charge in [-0.1, -0.05) is 35.9 Å². The van der Waals surface area contributed by atoms with Crippen LogP contribution in [0, 0.1) is 5.41 Å². The summed E-state index contributed by atoms with van der Waals surface area (Å²) in [7, 11) is 0. The van der Waals surface area contributed by atoms with Crippen LogP contribution in [0.3, 0.4) is 0 Å². The molecule has 0 spiro atoms. The lowest BCUT2D eigenvalue weighted by Crippen LogP contribution is -2.34. The Balaban J connectivity index is 1.40. The molecule has 1 atom stereocenters. The van der Waals surface area contributed by atoms with Crippen molar-refractivity contribution in [1.82, 2.24) is 5.32 Å². The van der Waals surface area contributed by atoms with Crippen molar-refractivity contribution < 1.29 is 0 Å². The second kappa shape index (κ2) is 8.26. The molecule has 0 bridgehead atoms. The maximum absolute atomic E-state index is 8.22. The van der Waals surface area contributed by atoms with Crippen LogP contribution in [0.1, 0.15) is 28.0 Å². The molecule has 5 heteroatoms. The molecule has 3 N–H and O–H groups in total. The van der Waals surface area contributed by atoms with Crippen LogP contribution in [0.4, 0.5) is 5.69 Å². The highest BCUT2D eigenvalue weighted by atomic mass is 35.5. The molecule has 0 amide bonds. The molecule has 1 heterocycles. The summed E-state index contributed by atoms with van der Waals surface area (Å²) >= 11 is 7.66. The van der Waals surface area contributed by atoms with Gasteiger partial charge in [0.2, 0.25) is 0 Å². The van der Waals surface area contributed by atoms with Gasteiger partial charge in [0.15, 0.2) is 0 Å². The molecule has 0 fully saturated rings. The average Bonchev–Trinajstić information content (AvgIpc) is 3.21. The fourth-order valence-corrected chi connectivity index (χ4v) is 4.39. The molecule has 27 heavy (non-hydrogen) atoms. The third-order valence-electron chi connectivity index (χ3n) is 4.96. The summed E-state index contributed by atoms with van der Waals surface area (Å²) in [5.74, 6) is 0.455. The second-order valence-corrected chi connectivity index (χ2v) is 8.30. The maximum atomic E-state index is 8.22. The van der Waals surface area contributed by atoms with Crippen molar-refractivity contribution in [3.8, 4) is 0 Å². The minimum absolute atomic E-state index is 0.455. The zero-order valence-electron chi connectivity index (χ0n) is 15.0. The fourth-order valence-electron chi connectivity index (χ4n) is 3.54. The van der Waals surface area contributed by atoms with Gasteiger partial charge in [0.25, 0.3) is 0 Å². The van der Waals surface area contributed by atoms with Gasteiger partial charge in [-0.05, 0) is 71.7 Å². The predicted octanol–water partition coefficient (Wildman–Crippen LogP) is 5.49. The lowest BCUT2D eigenvalue weighted by Gasteiger charge is -2.26. The number of halogens is 1. The zero-order chi connectivity index (χ0) is 18.6. The number of thiophene rings is 1. The van der Waals surface area contributed by atoms with Crippen LogP contribution in [0.5, 0.6) is 0 Å². The number of hydrogen-bond donors (Lipinski definition) is 3. The molecular weight excluding hydrogens is 374 g/mol. The Kier molecular flexibility index (Phi) is 5.58. The molecule has 3 nitrogen and oxygen atoms in total. The van der Waals surface area contributed by atoms with Crippen LogP contribution < -0.4 is 10.6 Å². The number of benzene rings is 2. The molecule has 3 aromatic rings. The first-order chi connectivity index (χ1) is 13.2. The quantitative estimate of drug-likeness (QED) is 0.395. The van der Waals surface area contributed by atoms with E-state index in [1.54, 1.807) is 11.3 Å². The Hall–Kier alpha value is -2.14. The highest BCUT2D eigenvalue weighted by molar-refractivity contribution is 7.12. The van der Waals surface area contributed by atoms with E-state index in [2.05, 4.69) is 34.9 Å². The van der Waals surface area contributed by atoms with E-state index in [4.69, 9.17) is 17.0 Å². The number of amidine groups is 1. The first-order valence-corrected chi connectivity index (χ1v) is 10.4. The summed E-state index contributed by atoms with van der Waals surface area (Å²) in [6.45, 7) is 0.835. The van der Waals surface area contributed by atoms with Crippen molar-refractivity contribution in [2.75, 3.05) is 5.32 Å². The van der Waals surface area contributed by atoms with E-state index in [1.165, 1.54) is 16.7 Å². The normalized spacial score (nSPS) is 16.0. The van der Waals surface area contributed by atoms with E-state index in [-0.39, 0.29) is 0 Å². The van der Waals surface area contributed by atoms with Gasteiger partial charge in [0, 0.05) is 23.3 Å². The van der Waals surface area contributed by atoms with Crippen molar-refractivity contribution in [3.63, 3.8) is 0 Å². The van der Waals surface area contributed by atoms with Crippen molar-refractivity contribution in [2.45, 2.75) is 31.8 Å². The van der Waals surface area contributed by atoms with Crippen LogP contribution >= 0.6 is 22.9 Å². The van der Waals surface area contributed by atoms with Crippen LogP contribution in [0.15, 0.2) is 60.0 Å². The lowest BCUT2D eigenvalue weighted by atomic mass is 9.88. The molecule has 0 aliphatic heterocycles. The standard InChI is InChI=1S/C22H22ClN3S/c23-18-4-1-3-15(11-18)14-25-19-8-6-16-7-9-20(13-17(16)12-19)26-22(24)21-5-2-10-27-21/h1-5,7,9-11,13,19,25H,6,8,12,14H2,(H2,24,26). The summed E-state index contributed by atoms with van der Waals surface area (Å²) in [6, 6.07) is 18.9. The summed E-state index contributed by atoms with van der Waals surface area (Å²) in [5, 5.41) is 17.9. The fraction of sp³-hybridized carbons (Fsp3) is 0.227. The highest BCUT2D eigenvalue weighted by Crippen LogP contribution is 2.25. The highest BCUT2D eigenvalue weighted by Gasteiger charge is 2.19. The molecule has 1 aliphatic rings. The van der Waals surface area contributed by atoms with E-state index >= 15 is 0 Å². The van der Waals surface area contributed by atoms with Crippen LogP contribution in [0.2, 0.25) is 5.02 Å². The maximum Gasteiger partial charge on any atom is 0.140 e. The minimum atomic E-state index is 0.455. The summed E-state index contributed by atoms with van der Waals surface area (Å²) < 4.78 is 0. The molecular formula is C22H22ClN3S. The van der Waals surface area contributed by atoms with Gasteiger partial charge < -0.3 is 10.6 Å². The van der Waals surface area contributed by atoms with Crippen LogP contribution in [-0.4, -0.2) is 11.9 Å². The van der Waals surface area contributed by atoms with Gasteiger partial charge in [0.1, 0.15) is 5.84 Å². The van der Waals surface area contributed by atoms with Crippen molar-refractivity contribution in [1.29, 1.82) is 5.41 Å². The molecule has 1 unspecified atom stereocenters. The number of rotatable bonds is 5. The largest absolute Gasteiger partial charge is 0.340 e. The third-order valence-corrected chi connectivity index (χ3v) is 6.08. The Morgan fingerprint density at radius 3 is 2.85 bits per heavy atom. The van der Waals surface area contributed by atoms with Crippen LogP contribution in [-0.2, 0) is 19.4 Å². The molecule has 138 valence electrons. The number of aryl methyl sites for hydroxylation is 1. The van der Waals surface area contributed by atoms with Gasteiger partial charge >= 0.3 is 0 Å². The van der Waals surface area contributed by atoms with Gasteiger partial charge in [0.05, 0.1) is 4.88 Å². The predicted molar refractivity (Wildman–Crippen MR) is 115 cm³/mol. The monoisotopic (exact) mass is 395 g/mol. The van der Waals surface area contributed by atoms with Crippen molar-refractivity contribution in [2.24, 2.45) is 0 Å². The Morgan fingerprint density at radius 2 is 2.04 bits per heavy atom. The Morgan fingerprint density at radius 1 is 1.11 bits per heavy atom. The molecule has 4 rings (SSSR count). The Bertz CT molecular complexity index is 936. The van der Waals surface area contributed by atoms with Gasteiger partial charge in [-0.2, -0.15) is 0 Å². The first-order valence-electron chi connectivity index (χ1n) is 9.16. The van der Waals surface area contributed by atoms with E-state index in [1.807, 2.05) is 35.7 Å². The summed E-state index contributed by atoms with van der Waals surface area (Å²) in [5.41, 5.74) is 4.99. The molecule has 0 radical (unpaired) electrons. The van der Waals surface area contributed by atoms with Crippen molar-refractivity contribution in [3.05, 3.63) is 86.6 Å². The smallest absolute Gasteiger partial charge is 0.140 e. The second-order valence-electron chi connectivity index (χ2n) is 6.91. The molecule has 1 aliphatic carbocycles. The number of hydrogen-bond acceptors (Lipinski definition) is 3. The third kappa shape index (κ3) is 4.59. The zero-order valence-corrected chi connectivity index (χ0v) is 16.5. The van der Waals surface area contributed by atoms with E-state index < -0.39 is 0 Å². The lowest BCUT2D eigenvalue weighted by molar-refractivity contribution is 0.458. The molecule has 0 saturated carbocycles. The topological polar surface area (TPSA) is 47.9 Å². The summed E-state index contributed by atoms with van der Waals surface area (Å²) in [4.78, 5) is 0.953. The molecule has 1 aromatic heterocycles. The van der Waals surface area contributed by atoms with Gasteiger partial charge in [-0.15, -0.1) is 11.3 Å². The van der Waals surface area contributed by atoms with Crippen LogP contribution in [0.25, 0.3) is 0 Å². The SMILES string of the molecule is N=C(Nc1ccc2c(c1)CC(NCc1cccc(Cl)c1)CC2)c1cccs1. The molecule has 0 saturated heterocycles. The van der Waals surface area contributed by atoms with Gasteiger partial charge in [-0.3, -0.25) is 5.41 Å². The van der Waals surface area contributed by atoms with E-state index in [9.17, 15) is 0 Å². The average molecular weight is 396 g/mol. The number of nitrogens with one attached hydrogen (secondary N) is 3. The summed E-state index contributed by atoms with van der Waals surface area (Å²) in [6.07, 6.45) is 3.24. The number of anilines is 1. The minimum Gasteiger partial charge on any atom is -0.340 e. The molecule has 2 aromatic carbocycles. The number of fused-ring (bicyclic) bond motifs is 1.